The SMILES string of the molecule is Cc1cnnn1-c1cccc(-n2cc(C(=O)N[C@H](C)c3cc(N)cc(C(F)(F)F)c3)ccc2=O)c1. The average Bonchev–Trinajstić information content (AvgIpc) is 3.24. The van der Waals surface area contributed by atoms with Crippen LogP contribution in [0.4, 0.5) is 18.9 Å². The maximum atomic E-state index is 13.1. The van der Waals surface area contributed by atoms with Gasteiger partial charge in [-0.15, -0.1) is 5.10 Å². The number of benzene rings is 2. The summed E-state index contributed by atoms with van der Waals surface area (Å²) >= 11 is 0. The van der Waals surface area contributed by atoms with Crippen molar-refractivity contribution in [2.75, 3.05) is 5.73 Å². The first kappa shape index (κ1) is 23.7. The molecule has 2 heterocycles. The van der Waals surface area contributed by atoms with Gasteiger partial charge in [-0.25, -0.2) is 4.68 Å². The molecule has 0 saturated carbocycles. The van der Waals surface area contributed by atoms with Crippen molar-refractivity contribution in [3.63, 3.8) is 0 Å². The highest BCUT2D eigenvalue weighted by Gasteiger charge is 2.31. The monoisotopic (exact) mass is 482 g/mol. The second kappa shape index (κ2) is 9.09. The van der Waals surface area contributed by atoms with Crippen LogP contribution < -0.4 is 16.6 Å². The van der Waals surface area contributed by atoms with Gasteiger partial charge in [0.15, 0.2) is 0 Å². The van der Waals surface area contributed by atoms with Gasteiger partial charge in [0.25, 0.3) is 11.5 Å². The number of pyridine rings is 1. The van der Waals surface area contributed by atoms with Gasteiger partial charge in [-0.3, -0.25) is 14.2 Å². The molecule has 0 unspecified atom stereocenters. The van der Waals surface area contributed by atoms with Crippen molar-refractivity contribution in [1.82, 2.24) is 24.9 Å². The fraction of sp³-hybridized carbons (Fsp3) is 0.167. The van der Waals surface area contributed by atoms with Crippen LogP contribution in [0.2, 0.25) is 0 Å². The van der Waals surface area contributed by atoms with E-state index in [1.807, 2.05) is 6.92 Å². The molecule has 3 N–H and O–H groups in total. The van der Waals surface area contributed by atoms with Crippen LogP contribution in [0.3, 0.4) is 0 Å². The third-order valence-corrected chi connectivity index (χ3v) is 5.40. The molecule has 0 aliphatic carbocycles. The molecule has 1 atom stereocenters. The molecule has 0 bridgehead atoms. The Morgan fingerprint density at radius 1 is 1.09 bits per heavy atom. The predicted octanol–water partition coefficient (Wildman–Crippen LogP) is 3.82. The van der Waals surface area contributed by atoms with Crippen molar-refractivity contribution in [3.8, 4) is 11.4 Å². The molecule has 0 fully saturated rings. The molecule has 11 heteroatoms. The molecule has 0 spiro atoms. The van der Waals surface area contributed by atoms with E-state index < -0.39 is 23.7 Å². The quantitative estimate of drug-likeness (QED) is 0.421. The summed E-state index contributed by atoms with van der Waals surface area (Å²) < 4.78 is 42.3. The van der Waals surface area contributed by atoms with Crippen molar-refractivity contribution >= 4 is 11.6 Å². The molecule has 35 heavy (non-hydrogen) atoms. The molecule has 4 rings (SSSR count). The van der Waals surface area contributed by atoms with E-state index in [1.54, 1.807) is 42.1 Å². The van der Waals surface area contributed by atoms with Crippen LogP contribution in [-0.2, 0) is 6.18 Å². The number of carbonyl (C=O) groups is 1. The van der Waals surface area contributed by atoms with E-state index >= 15 is 0 Å². The molecule has 8 nitrogen and oxygen atoms in total. The van der Waals surface area contributed by atoms with E-state index in [9.17, 15) is 22.8 Å². The lowest BCUT2D eigenvalue weighted by molar-refractivity contribution is -0.137. The van der Waals surface area contributed by atoms with E-state index in [2.05, 4.69) is 15.6 Å². The first-order chi connectivity index (χ1) is 16.5. The predicted molar refractivity (Wildman–Crippen MR) is 123 cm³/mol. The number of hydrogen-bond acceptors (Lipinski definition) is 5. The number of halogens is 3. The summed E-state index contributed by atoms with van der Waals surface area (Å²) in [7, 11) is 0. The van der Waals surface area contributed by atoms with Crippen LogP contribution in [0.1, 0.15) is 40.1 Å². The highest BCUT2D eigenvalue weighted by molar-refractivity contribution is 5.94. The van der Waals surface area contributed by atoms with Crippen LogP contribution in [0.5, 0.6) is 0 Å². The maximum Gasteiger partial charge on any atom is 0.416 e. The van der Waals surface area contributed by atoms with Crippen molar-refractivity contribution in [1.29, 1.82) is 0 Å². The van der Waals surface area contributed by atoms with Crippen LogP contribution in [0, 0.1) is 6.92 Å². The number of amides is 1. The minimum atomic E-state index is -4.57. The smallest absolute Gasteiger partial charge is 0.399 e. The summed E-state index contributed by atoms with van der Waals surface area (Å²) in [5.74, 6) is -0.564. The number of aromatic nitrogens is 4. The fourth-order valence-electron chi connectivity index (χ4n) is 3.59. The summed E-state index contributed by atoms with van der Waals surface area (Å²) in [5, 5.41) is 10.5. The lowest BCUT2D eigenvalue weighted by Crippen LogP contribution is -2.28. The minimum Gasteiger partial charge on any atom is -0.399 e. The molecule has 2 aromatic heterocycles. The Kier molecular flexibility index (Phi) is 6.16. The number of carbonyl (C=O) groups excluding carboxylic acids is 1. The summed E-state index contributed by atoms with van der Waals surface area (Å²) in [6, 6.07) is 11.9. The van der Waals surface area contributed by atoms with Gasteiger partial charge in [0.05, 0.1) is 40.4 Å². The summed E-state index contributed by atoms with van der Waals surface area (Å²) in [5.41, 5.74) is 6.63. The fourth-order valence-corrected chi connectivity index (χ4v) is 3.59. The average molecular weight is 482 g/mol. The number of alkyl halides is 3. The maximum absolute atomic E-state index is 13.1. The van der Waals surface area contributed by atoms with Gasteiger partial charge in [-0.05, 0) is 61.9 Å². The Bertz CT molecular complexity index is 1460. The highest BCUT2D eigenvalue weighted by atomic mass is 19.4. The van der Waals surface area contributed by atoms with E-state index in [4.69, 9.17) is 5.73 Å². The number of nitrogens with two attached hydrogens (primary N) is 1. The second-order valence-corrected chi connectivity index (χ2v) is 8.01. The van der Waals surface area contributed by atoms with Gasteiger partial charge in [-0.2, -0.15) is 13.2 Å². The number of anilines is 1. The zero-order valence-corrected chi connectivity index (χ0v) is 18.7. The Morgan fingerprint density at radius 2 is 1.83 bits per heavy atom. The number of rotatable bonds is 5. The van der Waals surface area contributed by atoms with Gasteiger partial charge < -0.3 is 11.1 Å². The topological polar surface area (TPSA) is 108 Å². The van der Waals surface area contributed by atoms with Crippen molar-refractivity contribution < 1.29 is 18.0 Å². The Labute approximate surface area is 197 Å². The molecule has 4 aromatic rings. The Hall–Kier alpha value is -4.41. The molecule has 0 radical (unpaired) electrons. The summed E-state index contributed by atoms with van der Waals surface area (Å²) in [6.07, 6.45) is -1.59. The normalized spacial score (nSPS) is 12.4. The number of aryl methyl sites for hydroxylation is 1. The summed E-state index contributed by atoms with van der Waals surface area (Å²) in [6.45, 7) is 3.38. The lowest BCUT2D eigenvalue weighted by Gasteiger charge is -2.18. The Morgan fingerprint density at radius 3 is 2.51 bits per heavy atom. The molecule has 0 aliphatic heterocycles. The van der Waals surface area contributed by atoms with E-state index in [0.717, 1.165) is 17.8 Å². The number of nitrogen functional groups attached to an aromatic ring is 1. The zero-order chi connectivity index (χ0) is 25.3. The van der Waals surface area contributed by atoms with Gasteiger partial charge in [0.1, 0.15) is 0 Å². The molecule has 0 saturated heterocycles. The van der Waals surface area contributed by atoms with Crippen LogP contribution in [0.15, 0.2) is 71.8 Å². The molecular weight excluding hydrogens is 461 g/mol. The summed E-state index contributed by atoms with van der Waals surface area (Å²) in [4.78, 5) is 25.4. The molecule has 0 aliphatic rings. The number of nitrogens with zero attached hydrogens (tertiary/aromatic N) is 4. The first-order valence-electron chi connectivity index (χ1n) is 10.5. The van der Waals surface area contributed by atoms with E-state index in [-0.39, 0.29) is 22.4 Å². The third-order valence-electron chi connectivity index (χ3n) is 5.40. The second-order valence-electron chi connectivity index (χ2n) is 8.01. The van der Waals surface area contributed by atoms with Gasteiger partial charge in [0, 0.05) is 18.0 Å². The van der Waals surface area contributed by atoms with Gasteiger partial charge in [0.2, 0.25) is 0 Å². The van der Waals surface area contributed by atoms with Crippen LogP contribution in [0.25, 0.3) is 11.4 Å². The highest BCUT2D eigenvalue weighted by Crippen LogP contribution is 2.32. The van der Waals surface area contributed by atoms with Gasteiger partial charge >= 0.3 is 6.18 Å². The Balaban J connectivity index is 1.61. The third kappa shape index (κ3) is 5.08. The lowest BCUT2D eigenvalue weighted by atomic mass is 10.0. The first-order valence-corrected chi connectivity index (χ1v) is 10.5. The van der Waals surface area contributed by atoms with Gasteiger partial charge in [-0.1, -0.05) is 11.3 Å². The van der Waals surface area contributed by atoms with E-state index in [1.165, 1.54) is 29.0 Å². The minimum absolute atomic E-state index is 0.0630. The number of nitrogens with one attached hydrogen (secondary N) is 1. The number of hydrogen-bond donors (Lipinski definition) is 2. The standard InChI is InChI=1S/C24H21F3N6O2/c1-14-12-29-31-33(14)21-5-3-4-20(11-21)32-13-16(6-7-22(32)34)23(35)30-15(2)17-8-18(24(25,26)27)10-19(28)9-17/h3-13,15H,28H2,1-2H3,(H,30,35)/t15-/m1/s1. The van der Waals surface area contributed by atoms with Crippen molar-refractivity contribution in [2.45, 2.75) is 26.1 Å². The molecule has 180 valence electrons. The molecular formula is C24H21F3N6O2. The van der Waals surface area contributed by atoms with Crippen molar-refractivity contribution in [3.05, 3.63) is 99.7 Å². The largest absolute Gasteiger partial charge is 0.416 e. The zero-order valence-electron chi connectivity index (χ0n) is 18.7. The van der Waals surface area contributed by atoms with E-state index in [0.29, 0.717) is 11.4 Å². The van der Waals surface area contributed by atoms with Crippen molar-refractivity contribution in [2.24, 2.45) is 0 Å². The molecule has 1 amide bonds. The molecule has 2 aromatic carbocycles. The van der Waals surface area contributed by atoms with Crippen LogP contribution >= 0.6 is 0 Å². The van der Waals surface area contributed by atoms with Crippen LogP contribution in [-0.4, -0.2) is 25.5 Å².